The molecule has 0 saturated heterocycles. The van der Waals surface area contributed by atoms with Gasteiger partial charge in [0.2, 0.25) is 0 Å². The minimum Gasteiger partial charge on any atom is -0.378 e. The van der Waals surface area contributed by atoms with Crippen LogP contribution < -0.4 is 4.90 Å². The van der Waals surface area contributed by atoms with E-state index in [-0.39, 0.29) is 0 Å². The molecule has 2 aromatic rings. The number of benzene rings is 2. The highest BCUT2D eigenvalue weighted by molar-refractivity contribution is 5.57. The van der Waals surface area contributed by atoms with E-state index in [9.17, 15) is 0 Å². The van der Waals surface area contributed by atoms with E-state index in [1.807, 2.05) is 44.4 Å². The second-order valence-electron chi connectivity index (χ2n) is 5.00. The average molecular weight is 275 g/mol. The molecule has 0 amide bonds. The summed E-state index contributed by atoms with van der Waals surface area (Å²) in [6.07, 6.45) is 12.4. The Morgan fingerprint density at radius 2 is 1.14 bits per heavy atom. The van der Waals surface area contributed by atoms with Gasteiger partial charge in [-0.2, -0.15) is 0 Å². The largest absolute Gasteiger partial charge is 0.378 e. The Labute approximate surface area is 127 Å². The standard InChI is InChI=1S/C20H21N/c1-21(2)20-16-14-19(15-17-20)13-7-4-3-6-10-18-11-8-5-9-12-18/h3-17H,1-2H3. The first-order valence-electron chi connectivity index (χ1n) is 7.09. The Morgan fingerprint density at radius 1 is 0.619 bits per heavy atom. The van der Waals surface area contributed by atoms with Gasteiger partial charge >= 0.3 is 0 Å². The molecule has 0 aliphatic carbocycles. The van der Waals surface area contributed by atoms with E-state index >= 15 is 0 Å². The molecule has 0 spiro atoms. The molecule has 0 aliphatic heterocycles. The van der Waals surface area contributed by atoms with Gasteiger partial charge in [0.05, 0.1) is 0 Å². The van der Waals surface area contributed by atoms with Crippen molar-refractivity contribution in [2.75, 3.05) is 19.0 Å². The van der Waals surface area contributed by atoms with Gasteiger partial charge in [-0.15, -0.1) is 0 Å². The Bertz CT molecular complexity index is 617. The number of allylic oxidation sites excluding steroid dienone is 4. The van der Waals surface area contributed by atoms with E-state index < -0.39 is 0 Å². The highest BCUT2D eigenvalue weighted by Gasteiger charge is 1.92. The summed E-state index contributed by atoms with van der Waals surface area (Å²) in [6, 6.07) is 18.8. The molecule has 0 aliphatic rings. The Hall–Kier alpha value is -2.54. The Morgan fingerprint density at radius 3 is 1.67 bits per heavy atom. The molecule has 0 heterocycles. The lowest BCUT2D eigenvalue weighted by Gasteiger charge is -2.11. The molecule has 0 aromatic heterocycles. The van der Waals surface area contributed by atoms with Crippen molar-refractivity contribution in [2.45, 2.75) is 0 Å². The average Bonchev–Trinajstić information content (AvgIpc) is 2.52. The molecule has 0 N–H and O–H groups in total. The van der Waals surface area contributed by atoms with E-state index in [0.717, 1.165) is 0 Å². The third-order valence-corrected chi connectivity index (χ3v) is 3.12. The van der Waals surface area contributed by atoms with Crippen LogP contribution in [-0.2, 0) is 0 Å². The van der Waals surface area contributed by atoms with Crippen molar-refractivity contribution in [1.29, 1.82) is 0 Å². The molecular weight excluding hydrogens is 254 g/mol. The SMILES string of the molecule is CN(C)c1ccc(C=CC=CC=Cc2ccccc2)cc1. The molecule has 1 heteroatoms. The summed E-state index contributed by atoms with van der Waals surface area (Å²) in [7, 11) is 4.10. The molecule has 2 aromatic carbocycles. The molecule has 1 nitrogen and oxygen atoms in total. The number of anilines is 1. The fourth-order valence-corrected chi connectivity index (χ4v) is 1.91. The van der Waals surface area contributed by atoms with Crippen molar-refractivity contribution in [3.8, 4) is 0 Å². The monoisotopic (exact) mass is 275 g/mol. The van der Waals surface area contributed by atoms with Gasteiger partial charge in [0, 0.05) is 19.8 Å². The second-order valence-corrected chi connectivity index (χ2v) is 5.00. The molecule has 0 radical (unpaired) electrons. The Balaban J connectivity index is 1.87. The Kier molecular flexibility index (Phi) is 5.60. The summed E-state index contributed by atoms with van der Waals surface area (Å²) >= 11 is 0. The van der Waals surface area contributed by atoms with Crippen molar-refractivity contribution in [3.63, 3.8) is 0 Å². The first-order valence-corrected chi connectivity index (χ1v) is 7.09. The van der Waals surface area contributed by atoms with Gasteiger partial charge in [-0.05, 0) is 23.3 Å². The van der Waals surface area contributed by atoms with Gasteiger partial charge < -0.3 is 4.90 Å². The zero-order valence-corrected chi connectivity index (χ0v) is 12.6. The second kappa shape index (κ2) is 7.91. The minimum atomic E-state index is 1.21. The van der Waals surface area contributed by atoms with Gasteiger partial charge in [-0.25, -0.2) is 0 Å². The van der Waals surface area contributed by atoms with Crippen molar-refractivity contribution < 1.29 is 0 Å². The van der Waals surface area contributed by atoms with E-state index in [2.05, 4.69) is 65.6 Å². The van der Waals surface area contributed by atoms with Crippen molar-refractivity contribution in [2.24, 2.45) is 0 Å². The van der Waals surface area contributed by atoms with E-state index in [1.165, 1.54) is 16.8 Å². The first-order chi connectivity index (χ1) is 10.3. The predicted molar refractivity (Wildman–Crippen MR) is 94.4 cm³/mol. The first kappa shape index (κ1) is 14.9. The van der Waals surface area contributed by atoms with Crippen LogP contribution >= 0.6 is 0 Å². The lowest BCUT2D eigenvalue weighted by molar-refractivity contribution is 1.13. The fourth-order valence-electron chi connectivity index (χ4n) is 1.91. The lowest BCUT2D eigenvalue weighted by Crippen LogP contribution is -2.07. The third-order valence-electron chi connectivity index (χ3n) is 3.12. The summed E-state index contributed by atoms with van der Waals surface area (Å²) in [5.41, 5.74) is 3.64. The molecule has 0 fully saturated rings. The van der Waals surface area contributed by atoms with Crippen LogP contribution in [0.4, 0.5) is 5.69 Å². The maximum absolute atomic E-state index is 2.12. The van der Waals surface area contributed by atoms with Gasteiger partial charge in [-0.1, -0.05) is 78.9 Å². The van der Waals surface area contributed by atoms with Crippen LogP contribution in [-0.4, -0.2) is 14.1 Å². The molecule has 0 bridgehead atoms. The third kappa shape index (κ3) is 5.15. The van der Waals surface area contributed by atoms with Crippen LogP contribution in [0.15, 0.2) is 78.9 Å². The number of nitrogens with zero attached hydrogens (tertiary/aromatic N) is 1. The van der Waals surface area contributed by atoms with Crippen molar-refractivity contribution >= 4 is 17.8 Å². The zero-order valence-electron chi connectivity index (χ0n) is 12.6. The van der Waals surface area contributed by atoms with E-state index in [0.29, 0.717) is 0 Å². The summed E-state index contributed by atoms with van der Waals surface area (Å²) in [5, 5.41) is 0. The normalized spacial score (nSPS) is 11.7. The fraction of sp³-hybridized carbons (Fsp3) is 0.100. The highest BCUT2D eigenvalue weighted by Crippen LogP contribution is 2.13. The van der Waals surface area contributed by atoms with Gasteiger partial charge in [0.25, 0.3) is 0 Å². The number of hydrogen-bond donors (Lipinski definition) is 0. The van der Waals surface area contributed by atoms with Crippen LogP contribution in [0.5, 0.6) is 0 Å². The van der Waals surface area contributed by atoms with E-state index in [4.69, 9.17) is 0 Å². The van der Waals surface area contributed by atoms with Gasteiger partial charge in [0.1, 0.15) is 0 Å². The molecule has 0 saturated carbocycles. The van der Waals surface area contributed by atoms with Crippen molar-refractivity contribution in [1.82, 2.24) is 0 Å². The van der Waals surface area contributed by atoms with Crippen LogP contribution in [0.1, 0.15) is 11.1 Å². The maximum Gasteiger partial charge on any atom is 0.0361 e. The molecule has 106 valence electrons. The summed E-state index contributed by atoms with van der Waals surface area (Å²) in [6.45, 7) is 0. The quantitative estimate of drug-likeness (QED) is 0.691. The molecular formula is C20H21N. The summed E-state index contributed by atoms with van der Waals surface area (Å²) in [4.78, 5) is 2.10. The van der Waals surface area contributed by atoms with Crippen LogP contribution in [0.3, 0.4) is 0 Å². The van der Waals surface area contributed by atoms with Crippen molar-refractivity contribution in [3.05, 3.63) is 90.0 Å². The predicted octanol–water partition coefficient (Wildman–Crippen LogP) is 5.04. The summed E-state index contributed by atoms with van der Waals surface area (Å²) < 4.78 is 0. The molecule has 0 atom stereocenters. The topological polar surface area (TPSA) is 3.24 Å². The van der Waals surface area contributed by atoms with Gasteiger partial charge in [0.15, 0.2) is 0 Å². The van der Waals surface area contributed by atoms with Crippen LogP contribution in [0, 0.1) is 0 Å². The van der Waals surface area contributed by atoms with Crippen LogP contribution in [0.25, 0.3) is 12.2 Å². The smallest absolute Gasteiger partial charge is 0.0361 e. The molecule has 2 rings (SSSR count). The van der Waals surface area contributed by atoms with Gasteiger partial charge in [-0.3, -0.25) is 0 Å². The minimum absolute atomic E-state index is 1.21. The molecule has 0 unspecified atom stereocenters. The molecule has 21 heavy (non-hydrogen) atoms. The maximum atomic E-state index is 2.12. The van der Waals surface area contributed by atoms with Crippen LogP contribution in [0.2, 0.25) is 0 Å². The summed E-state index contributed by atoms with van der Waals surface area (Å²) in [5.74, 6) is 0. The number of rotatable bonds is 5. The van der Waals surface area contributed by atoms with E-state index in [1.54, 1.807) is 0 Å². The lowest BCUT2D eigenvalue weighted by atomic mass is 10.2. The highest BCUT2D eigenvalue weighted by atomic mass is 15.1. The zero-order chi connectivity index (χ0) is 14.9. The number of hydrogen-bond acceptors (Lipinski definition) is 1.